The van der Waals surface area contributed by atoms with Crippen molar-refractivity contribution in [2.24, 2.45) is 5.73 Å². The normalized spacial score (nSPS) is 21.9. The van der Waals surface area contributed by atoms with Gasteiger partial charge in [-0.2, -0.15) is 0 Å². The second kappa shape index (κ2) is 5.32. The minimum atomic E-state index is -0.390. The highest BCUT2D eigenvalue weighted by atomic mass is 16.2. The van der Waals surface area contributed by atoms with E-state index in [0.29, 0.717) is 6.04 Å². The van der Waals surface area contributed by atoms with Gasteiger partial charge in [0.1, 0.15) is 0 Å². The van der Waals surface area contributed by atoms with Crippen LogP contribution in [-0.4, -0.2) is 42.5 Å². The molecule has 4 heteroatoms. The molecule has 0 aliphatic carbocycles. The summed E-state index contributed by atoms with van der Waals surface area (Å²) in [6.07, 6.45) is 2.10. The molecule has 1 saturated heterocycles. The molecule has 0 spiro atoms. The molecule has 0 aromatic rings. The van der Waals surface area contributed by atoms with Gasteiger partial charge in [0.25, 0.3) is 0 Å². The van der Waals surface area contributed by atoms with Gasteiger partial charge in [0, 0.05) is 19.1 Å². The molecule has 0 unspecified atom stereocenters. The number of nitrogens with two attached hydrogens (primary N) is 1. The quantitative estimate of drug-likeness (QED) is 0.669. The fourth-order valence-corrected chi connectivity index (χ4v) is 1.73. The number of carbonyl (C=O) groups is 1. The zero-order chi connectivity index (χ0) is 10.6. The predicted octanol–water partition coefficient (Wildman–Crippen LogP) is -0.0659. The predicted molar refractivity (Wildman–Crippen MR) is 56.9 cm³/mol. The molecule has 4 nitrogen and oxygen atoms in total. The smallest absolute Gasteiger partial charge is 0.236 e. The number of likely N-dealkylation sites (tertiary alicyclic amines) is 1. The monoisotopic (exact) mass is 199 g/mol. The van der Waals surface area contributed by atoms with Gasteiger partial charge in [0.15, 0.2) is 0 Å². The third-order valence-electron chi connectivity index (χ3n) is 2.79. The van der Waals surface area contributed by atoms with Crippen LogP contribution < -0.4 is 11.1 Å². The van der Waals surface area contributed by atoms with Gasteiger partial charge in [-0.25, -0.2) is 0 Å². The minimum absolute atomic E-state index is 0.0278. The van der Waals surface area contributed by atoms with E-state index in [2.05, 4.69) is 17.1 Å². The molecule has 0 aromatic carbocycles. The maximum absolute atomic E-state index is 11.3. The summed E-state index contributed by atoms with van der Waals surface area (Å²) < 4.78 is 0. The van der Waals surface area contributed by atoms with E-state index in [1.807, 2.05) is 0 Å². The zero-order valence-corrected chi connectivity index (χ0v) is 9.12. The van der Waals surface area contributed by atoms with Gasteiger partial charge >= 0.3 is 0 Å². The van der Waals surface area contributed by atoms with Crippen LogP contribution in [0.5, 0.6) is 0 Å². The molecule has 1 aliphatic rings. The Labute approximate surface area is 85.8 Å². The Morgan fingerprint density at radius 2 is 2.14 bits per heavy atom. The van der Waals surface area contributed by atoms with Crippen molar-refractivity contribution < 1.29 is 4.79 Å². The lowest BCUT2D eigenvalue weighted by Gasteiger charge is -2.31. The Bertz CT molecular complexity index is 186. The van der Waals surface area contributed by atoms with Crippen molar-refractivity contribution in [1.29, 1.82) is 0 Å². The second-order valence-electron chi connectivity index (χ2n) is 4.01. The van der Waals surface area contributed by atoms with Crippen molar-refractivity contribution in [3.8, 4) is 0 Å². The van der Waals surface area contributed by atoms with Crippen molar-refractivity contribution in [3.05, 3.63) is 0 Å². The standard InChI is InChI=1S/C10H21N3O/c1-3-13-6-4-9(5-7-13)12-10(14)8(2)11/h8-9H,3-7,11H2,1-2H3,(H,12,14)/t8-/m0/s1. The summed E-state index contributed by atoms with van der Waals surface area (Å²) in [4.78, 5) is 13.7. The van der Waals surface area contributed by atoms with E-state index in [9.17, 15) is 4.79 Å². The number of amides is 1. The number of hydrogen-bond donors (Lipinski definition) is 2. The van der Waals surface area contributed by atoms with Gasteiger partial charge < -0.3 is 16.0 Å². The summed E-state index contributed by atoms with van der Waals surface area (Å²) in [5, 5.41) is 2.97. The van der Waals surface area contributed by atoms with E-state index < -0.39 is 0 Å². The molecule has 0 radical (unpaired) electrons. The first-order chi connectivity index (χ1) is 6.63. The summed E-state index contributed by atoms with van der Waals surface area (Å²) in [7, 11) is 0. The number of nitrogens with zero attached hydrogens (tertiary/aromatic N) is 1. The third-order valence-corrected chi connectivity index (χ3v) is 2.79. The average Bonchev–Trinajstić information content (AvgIpc) is 2.19. The number of piperidine rings is 1. The SMILES string of the molecule is CCN1CCC(NC(=O)[C@H](C)N)CC1. The number of carbonyl (C=O) groups excluding carboxylic acids is 1. The van der Waals surface area contributed by atoms with Crippen LogP contribution in [0.2, 0.25) is 0 Å². The molecule has 3 N–H and O–H groups in total. The van der Waals surface area contributed by atoms with Gasteiger partial charge in [-0.1, -0.05) is 6.92 Å². The van der Waals surface area contributed by atoms with Crippen LogP contribution in [0.1, 0.15) is 26.7 Å². The highest BCUT2D eigenvalue weighted by molar-refractivity contribution is 5.81. The fourth-order valence-electron chi connectivity index (χ4n) is 1.73. The topological polar surface area (TPSA) is 58.4 Å². The first-order valence-corrected chi connectivity index (χ1v) is 5.41. The van der Waals surface area contributed by atoms with Gasteiger partial charge in [-0.05, 0) is 26.3 Å². The number of hydrogen-bond acceptors (Lipinski definition) is 3. The maximum Gasteiger partial charge on any atom is 0.236 e. The van der Waals surface area contributed by atoms with Crippen LogP contribution in [0, 0.1) is 0 Å². The number of rotatable bonds is 3. The molecule has 0 saturated carbocycles. The first kappa shape index (κ1) is 11.5. The first-order valence-electron chi connectivity index (χ1n) is 5.41. The van der Waals surface area contributed by atoms with Gasteiger partial charge in [0.05, 0.1) is 6.04 Å². The lowest BCUT2D eigenvalue weighted by atomic mass is 10.0. The van der Waals surface area contributed by atoms with Crippen LogP contribution in [0.15, 0.2) is 0 Å². The van der Waals surface area contributed by atoms with E-state index in [0.717, 1.165) is 32.5 Å². The molecule has 1 rings (SSSR count). The van der Waals surface area contributed by atoms with Crippen LogP contribution in [0.4, 0.5) is 0 Å². The van der Waals surface area contributed by atoms with Crippen LogP contribution in [0.25, 0.3) is 0 Å². The van der Waals surface area contributed by atoms with Crippen LogP contribution in [0.3, 0.4) is 0 Å². The molecule has 0 bridgehead atoms. The maximum atomic E-state index is 11.3. The minimum Gasteiger partial charge on any atom is -0.352 e. The Kier molecular flexibility index (Phi) is 4.35. The Balaban J connectivity index is 2.25. The molecule has 14 heavy (non-hydrogen) atoms. The molecule has 1 atom stereocenters. The molecular weight excluding hydrogens is 178 g/mol. The van der Waals surface area contributed by atoms with Crippen molar-refractivity contribution in [2.75, 3.05) is 19.6 Å². The molecule has 1 aliphatic heterocycles. The lowest BCUT2D eigenvalue weighted by Crippen LogP contribution is -2.48. The van der Waals surface area contributed by atoms with Gasteiger partial charge in [-0.3, -0.25) is 4.79 Å². The summed E-state index contributed by atoms with van der Waals surface area (Å²) in [5.74, 6) is -0.0278. The molecule has 0 aromatic heterocycles. The van der Waals surface area contributed by atoms with Crippen molar-refractivity contribution in [2.45, 2.75) is 38.8 Å². The van der Waals surface area contributed by atoms with E-state index in [-0.39, 0.29) is 11.9 Å². The highest BCUT2D eigenvalue weighted by Crippen LogP contribution is 2.09. The number of nitrogens with one attached hydrogen (secondary N) is 1. The summed E-state index contributed by atoms with van der Waals surface area (Å²) in [6.45, 7) is 7.16. The highest BCUT2D eigenvalue weighted by Gasteiger charge is 2.20. The van der Waals surface area contributed by atoms with Crippen LogP contribution >= 0.6 is 0 Å². The largest absolute Gasteiger partial charge is 0.352 e. The zero-order valence-electron chi connectivity index (χ0n) is 9.12. The molecule has 1 heterocycles. The van der Waals surface area contributed by atoms with E-state index in [4.69, 9.17) is 5.73 Å². The van der Waals surface area contributed by atoms with Crippen LogP contribution in [-0.2, 0) is 4.79 Å². The summed E-state index contributed by atoms with van der Waals surface area (Å²) in [5.41, 5.74) is 5.48. The van der Waals surface area contributed by atoms with E-state index in [1.54, 1.807) is 6.92 Å². The fraction of sp³-hybridized carbons (Fsp3) is 0.900. The molecular formula is C10H21N3O. The second-order valence-corrected chi connectivity index (χ2v) is 4.01. The average molecular weight is 199 g/mol. The Morgan fingerprint density at radius 1 is 1.57 bits per heavy atom. The van der Waals surface area contributed by atoms with E-state index >= 15 is 0 Å². The molecule has 1 fully saturated rings. The molecule has 1 amide bonds. The van der Waals surface area contributed by atoms with Gasteiger partial charge in [0.2, 0.25) is 5.91 Å². The molecule has 82 valence electrons. The summed E-state index contributed by atoms with van der Waals surface area (Å²) >= 11 is 0. The lowest BCUT2D eigenvalue weighted by molar-refractivity contribution is -0.123. The Hall–Kier alpha value is -0.610. The third kappa shape index (κ3) is 3.27. The van der Waals surface area contributed by atoms with E-state index in [1.165, 1.54) is 0 Å². The summed E-state index contributed by atoms with van der Waals surface area (Å²) in [6, 6.07) is -0.0597. The van der Waals surface area contributed by atoms with Gasteiger partial charge in [-0.15, -0.1) is 0 Å². The van der Waals surface area contributed by atoms with Crippen molar-refractivity contribution in [3.63, 3.8) is 0 Å². The van der Waals surface area contributed by atoms with Crippen molar-refractivity contribution in [1.82, 2.24) is 10.2 Å². The van der Waals surface area contributed by atoms with Crippen molar-refractivity contribution >= 4 is 5.91 Å². The Morgan fingerprint density at radius 3 is 2.57 bits per heavy atom.